The number of benzene rings is 2. The van der Waals surface area contributed by atoms with Crippen molar-refractivity contribution in [3.05, 3.63) is 88.5 Å². The highest BCUT2D eigenvalue weighted by Crippen LogP contribution is 2.43. The minimum absolute atomic E-state index is 0.134. The fourth-order valence-corrected chi connectivity index (χ4v) is 4.83. The maximum atomic E-state index is 13.7. The molecule has 0 amide bonds. The molecule has 34 heavy (non-hydrogen) atoms. The van der Waals surface area contributed by atoms with Gasteiger partial charge in [-0.15, -0.1) is 11.8 Å². The molecule has 0 fully saturated rings. The smallest absolute Gasteiger partial charge is 0.227 e. The first kappa shape index (κ1) is 22.3. The largest absolute Gasteiger partial charge is 0.497 e. The molecule has 2 aromatic heterocycles. The van der Waals surface area contributed by atoms with E-state index in [0.29, 0.717) is 35.2 Å². The van der Waals surface area contributed by atoms with Crippen molar-refractivity contribution in [2.75, 3.05) is 7.11 Å². The summed E-state index contributed by atoms with van der Waals surface area (Å²) in [4.78, 5) is 13.9. The molecule has 5 rings (SSSR count). The predicted molar refractivity (Wildman–Crippen MR) is 128 cm³/mol. The van der Waals surface area contributed by atoms with Crippen LogP contribution >= 0.6 is 11.8 Å². The Morgan fingerprint density at radius 3 is 2.68 bits per heavy atom. The van der Waals surface area contributed by atoms with Crippen LogP contribution < -0.4 is 9.47 Å². The van der Waals surface area contributed by atoms with E-state index in [4.69, 9.17) is 19.4 Å². The molecule has 3 heterocycles. The lowest BCUT2D eigenvalue weighted by molar-refractivity contribution is 0.278. The van der Waals surface area contributed by atoms with Gasteiger partial charge in [0.25, 0.3) is 0 Å². The van der Waals surface area contributed by atoms with Gasteiger partial charge < -0.3 is 14.6 Å². The second kappa shape index (κ2) is 9.40. The van der Waals surface area contributed by atoms with Crippen LogP contribution in [0.3, 0.4) is 0 Å². The first-order valence-corrected chi connectivity index (χ1v) is 11.7. The zero-order valence-electron chi connectivity index (χ0n) is 18.7. The van der Waals surface area contributed by atoms with Crippen LogP contribution in [0.4, 0.5) is 4.39 Å². The van der Waals surface area contributed by atoms with Gasteiger partial charge in [-0.05, 0) is 48.9 Å². The monoisotopic (exact) mass is 475 g/mol. The summed E-state index contributed by atoms with van der Waals surface area (Å²) in [5, 5.41) is 10.6. The van der Waals surface area contributed by atoms with Crippen LogP contribution in [0.15, 0.2) is 59.8 Å². The summed E-state index contributed by atoms with van der Waals surface area (Å²) in [5.41, 5.74) is 4.85. The fraction of sp³-hybridized carbons (Fsp3) is 0.192. The topological polar surface area (TPSA) is 77.4 Å². The van der Waals surface area contributed by atoms with Gasteiger partial charge in [-0.2, -0.15) is 4.98 Å². The molecule has 0 aliphatic carbocycles. The van der Waals surface area contributed by atoms with Gasteiger partial charge in [-0.3, -0.25) is 4.98 Å². The number of hydrogen-bond acceptors (Lipinski definition) is 7. The highest BCUT2D eigenvalue weighted by atomic mass is 32.2. The molecule has 0 bridgehead atoms. The summed E-state index contributed by atoms with van der Waals surface area (Å²) < 4.78 is 25.2. The molecule has 6 nitrogen and oxygen atoms in total. The molecule has 0 radical (unpaired) electrons. The Bertz CT molecular complexity index is 1360. The second-order valence-electron chi connectivity index (χ2n) is 7.90. The number of aliphatic hydroxyl groups is 1. The molecule has 0 spiro atoms. The number of thioether (sulfide) groups is 1. The maximum Gasteiger partial charge on any atom is 0.227 e. The Hall–Kier alpha value is -3.49. The molecule has 0 atom stereocenters. The summed E-state index contributed by atoms with van der Waals surface area (Å²) in [5.74, 6) is 2.63. The van der Waals surface area contributed by atoms with E-state index in [1.807, 2.05) is 37.3 Å². The van der Waals surface area contributed by atoms with Gasteiger partial charge in [0.05, 0.1) is 25.0 Å². The molecular formula is C26H22FN3O3S. The molecule has 2 aromatic carbocycles. The van der Waals surface area contributed by atoms with E-state index in [2.05, 4.69) is 4.98 Å². The number of aryl methyl sites for hydroxylation is 1. The van der Waals surface area contributed by atoms with E-state index in [0.717, 1.165) is 38.7 Å². The Kier molecular flexibility index (Phi) is 6.17. The van der Waals surface area contributed by atoms with Crippen molar-refractivity contribution >= 4 is 11.8 Å². The second-order valence-corrected chi connectivity index (χ2v) is 8.86. The Morgan fingerprint density at radius 1 is 1.12 bits per heavy atom. The molecule has 1 aliphatic heterocycles. The molecule has 1 aliphatic rings. The third kappa shape index (κ3) is 4.34. The van der Waals surface area contributed by atoms with Crippen LogP contribution in [0, 0.1) is 12.7 Å². The van der Waals surface area contributed by atoms with E-state index in [9.17, 15) is 9.50 Å². The molecule has 1 N–H and O–H groups in total. The Balaban J connectivity index is 1.58. The molecule has 8 heteroatoms. The third-order valence-electron chi connectivity index (χ3n) is 5.67. The average molecular weight is 476 g/mol. The number of methoxy groups -OCH3 is 1. The number of pyridine rings is 1. The summed E-state index contributed by atoms with van der Waals surface area (Å²) in [6.45, 7) is 1.74. The third-order valence-corrected chi connectivity index (χ3v) is 6.76. The van der Waals surface area contributed by atoms with Crippen molar-refractivity contribution in [1.82, 2.24) is 15.0 Å². The van der Waals surface area contributed by atoms with Gasteiger partial charge in [0.2, 0.25) is 5.88 Å². The predicted octanol–water partition coefficient (Wildman–Crippen LogP) is 5.48. The van der Waals surface area contributed by atoms with E-state index >= 15 is 0 Å². The van der Waals surface area contributed by atoms with Crippen molar-refractivity contribution in [2.24, 2.45) is 0 Å². The van der Waals surface area contributed by atoms with Gasteiger partial charge in [-0.1, -0.05) is 12.1 Å². The van der Waals surface area contributed by atoms with Crippen LogP contribution in [0.5, 0.6) is 17.4 Å². The van der Waals surface area contributed by atoms with Gasteiger partial charge in [0.15, 0.2) is 11.6 Å². The van der Waals surface area contributed by atoms with Crippen LogP contribution in [0.2, 0.25) is 0 Å². The van der Waals surface area contributed by atoms with Gasteiger partial charge in [-0.25, -0.2) is 9.37 Å². The summed E-state index contributed by atoms with van der Waals surface area (Å²) >= 11 is 1.51. The van der Waals surface area contributed by atoms with Crippen molar-refractivity contribution < 1.29 is 19.0 Å². The van der Waals surface area contributed by atoms with Crippen molar-refractivity contribution in [2.45, 2.75) is 30.7 Å². The lowest BCUT2D eigenvalue weighted by atomic mass is 9.99. The lowest BCUT2D eigenvalue weighted by Gasteiger charge is -2.24. The van der Waals surface area contributed by atoms with E-state index in [1.54, 1.807) is 19.4 Å². The van der Waals surface area contributed by atoms with Crippen LogP contribution in [0.1, 0.15) is 27.9 Å². The molecule has 0 saturated carbocycles. The fourth-order valence-electron chi connectivity index (χ4n) is 3.86. The maximum absolute atomic E-state index is 13.7. The highest BCUT2D eigenvalue weighted by Gasteiger charge is 2.27. The minimum atomic E-state index is -0.269. The van der Waals surface area contributed by atoms with Crippen molar-refractivity contribution in [3.8, 4) is 28.8 Å². The van der Waals surface area contributed by atoms with Gasteiger partial charge in [0, 0.05) is 35.1 Å². The lowest BCUT2D eigenvalue weighted by Crippen LogP contribution is -2.13. The van der Waals surface area contributed by atoms with Gasteiger partial charge in [0.1, 0.15) is 16.6 Å². The van der Waals surface area contributed by atoms with Gasteiger partial charge >= 0.3 is 0 Å². The van der Waals surface area contributed by atoms with E-state index in [-0.39, 0.29) is 12.4 Å². The van der Waals surface area contributed by atoms with Crippen LogP contribution in [-0.4, -0.2) is 27.2 Å². The number of nitrogens with zero attached hydrogens (tertiary/aromatic N) is 3. The number of hydrogen-bond donors (Lipinski definition) is 1. The zero-order chi connectivity index (χ0) is 23.7. The van der Waals surface area contributed by atoms with Crippen LogP contribution in [0.25, 0.3) is 11.4 Å². The molecular weight excluding hydrogens is 453 g/mol. The number of fused-ring (bicyclic) bond motifs is 2. The van der Waals surface area contributed by atoms with Crippen molar-refractivity contribution in [3.63, 3.8) is 0 Å². The quantitative estimate of drug-likeness (QED) is 0.258. The number of ether oxygens (including phenoxy) is 2. The van der Waals surface area contributed by atoms with Crippen molar-refractivity contribution in [1.29, 1.82) is 0 Å². The van der Waals surface area contributed by atoms with E-state index in [1.165, 1.54) is 23.9 Å². The average Bonchev–Trinajstić information content (AvgIpc) is 2.87. The molecule has 172 valence electrons. The Labute approximate surface area is 200 Å². The molecule has 0 saturated heterocycles. The number of aliphatic hydroxyl groups excluding tert-OH is 1. The van der Waals surface area contributed by atoms with Crippen LogP contribution in [-0.2, 0) is 18.8 Å². The number of rotatable bonds is 6. The SMILES string of the molecule is COc1ccc(-c2nc3c(c(SCc4cccc(F)c4)n2)Cc2c(CO)cnc(C)c2O3)cc1. The Morgan fingerprint density at radius 2 is 1.94 bits per heavy atom. The summed E-state index contributed by atoms with van der Waals surface area (Å²) in [6.07, 6.45) is 2.19. The standard InChI is InChI=1S/C26H22FN3O3S/c1-15-23-21(18(13-31)12-28-15)11-22-25(33-23)29-24(17-6-8-20(32-2)9-7-17)30-26(22)34-14-16-4-3-5-19(27)10-16/h3-10,12,31H,11,13-14H2,1-2H3. The van der Waals surface area contributed by atoms with E-state index < -0.39 is 0 Å². The number of halogens is 1. The summed E-state index contributed by atoms with van der Waals surface area (Å²) in [6, 6.07) is 14.1. The first-order valence-electron chi connectivity index (χ1n) is 10.7. The molecule has 0 unspecified atom stereocenters. The summed E-state index contributed by atoms with van der Waals surface area (Å²) in [7, 11) is 1.62. The highest BCUT2D eigenvalue weighted by molar-refractivity contribution is 7.98. The molecule has 4 aromatic rings. The first-order chi connectivity index (χ1) is 16.6. The minimum Gasteiger partial charge on any atom is -0.497 e. The number of aromatic nitrogens is 3. The zero-order valence-corrected chi connectivity index (χ0v) is 19.5. The normalized spacial score (nSPS) is 12.0.